The van der Waals surface area contributed by atoms with E-state index < -0.39 is 6.04 Å². The molecular weight excluding hydrogens is 246 g/mol. The van der Waals surface area contributed by atoms with Crippen LogP contribution in [0.3, 0.4) is 0 Å². The molecule has 0 heterocycles. The highest BCUT2D eigenvalue weighted by Gasteiger charge is 2.14. The van der Waals surface area contributed by atoms with Gasteiger partial charge in [-0.1, -0.05) is 28.1 Å². The first-order valence-electron chi connectivity index (χ1n) is 4.13. The molecule has 0 spiro atoms. The first-order chi connectivity index (χ1) is 6.65. The second kappa shape index (κ2) is 5.09. The zero-order valence-corrected chi connectivity index (χ0v) is 9.34. The van der Waals surface area contributed by atoms with E-state index in [2.05, 4.69) is 26.8 Å². The smallest absolute Gasteiger partial charge is 0.255 e. The Labute approximate surface area is 91.0 Å². The summed E-state index contributed by atoms with van der Waals surface area (Å²) in [5.74, 6) is -0.255. The van der Waals surface area contributed by atoms with Crippen molar-refractivity contribution in [1.29, 1.82) is 0 Å². The molecule has 4 nitrogen and oxygen atoms in total. The topological polar surface area (TPSA) is 67.1 Å². The zero-order chi connectivity index (χ0) is 10.6. The highest BCUT2D eigenvalue weighted by Crippen LogP contribution is 2.15. The SMILES string of the molecule is CNNC(=O)C(N)c1ccc(Br)cc1. The van der Waals surface area contributed by atoms with Crippen LogP contribution in [0.2, 0.25) is 0 Å². The first kappa shape index (κ1) is 11.2. The summed E-state index contributed by atoms with van der Waals surface area (Å²) in [6, 6.07) is 6.67. The quantitative estimate of drug-likeness (QED) is 0.699. The van der Waals surface area contributed by atoms with Crippen molar-refractivity contribution in [3.63, 3.8) is 0 Å². The molecule has 14 heavy (non-hydrogen) atoms. The second-order valence-electron chi connectivity index (χ2n) is 2.77. The molecule has 0 aliphatic carbocycles. The van der Waals surface area contributed by atoms with Crippen LogP contribution in [0.25, 0.3) is 0 Å². The van der Waals surface area contributed by atoms with Crippen molar-refractivity contribution in [2.75, 3.05) is 7.05 Å². The standard InChI is InChI=1S/C9H12BrN3O/c1-12-13-9(14)8(11)6-2-4-7(10)5-3-6/h2-5,8,12H,11H2,1H3,(H,13,14). The van der Waals surface area contributed by atoms with Crippen molar-refractivity contribution in [1.82, 2.24) is 10.9 Å². The third kappa shape index (κ3) is 2.80. The van der Waals surface area contributed by atoms with E-state index in [9.17, 15) is 4.79 Å². The Kier molecular flexibility index (Phi) is 4.06. The molecule has 1 aromatic carbocycles. The van der Waals surface area contributed by atoms with Gasteiger partial charge in [0.05, 0.1) is 0 Å². The number of carbonyl (C=O) groups is 1. The number of hydrazine groups is 1. The minimum Gasteiger partial charge on any atom is -0.316 e. The monoisotopic (exact) mass is 257 g/mol. The molecule has 1 aromatic rings. The van der Waals surface area contributed by atoms with Crippen LogP contribution in [0, 0.1) is 0 Å². The van der Waals surface area contributed by atoms with E-state index in [4.69, 9.17) is 5.73 Å². The lowest BCUT2D eigenvalue weighted by molar-refractivity contribution is -0.123. The lowest BCUT2D eigenvalue weighted by Gasteiger charge is -2.11. The molecule has 0 bridgehead atoms. The van der Waals surface area contributed by atoms with Crippen LogP contribution in [0.4, 0.5) is 0 Å². The van der Waals surface area contributed by atoms with Crippen LogP contribution in [0.5, 0.6) is 0 Å². The van der Waals surface area contributed by atoms with Crippen molar-refractivity contribution in [2.24, 2.45) is 5.73 Å². The lowest BCUT2D eigenvalue weighted by Crippen LogP contribution is -2.40. The van der Waals surface area contributed by atoms with Crippen molar-refractivity contribution in [2.45, 2.75) is 6.04 Å². The van der Waals surface area contributed by atoms with Crippen molar-refractivity contribution < 1.29 is 4.79 Å². The van der Waals surface area contributed by atoms with Crippen LogP contribution < -0.4 is 16.6 Å². The highest BCUT2D eigenvalue weighted by atomic mass is 79.9. The van der Waals surface area contributed by atoms with Gasteiger partial charge in [0, 0.05) is 11.5 Å². The molecule has 0 aromatic heterocycles. The number of hydrogen-bond acceptors (Lipinski definition) is 3. The van der Waals surface area contributed by atoms with E-state index in [-0.39, 0.29) is 5.91 Å². The second-order valence-corrected chi connectivity index (χ2v) is 3.68. The van der Waals surface area contributed by atoms with Crippen molar-refractivity contribution >= 4 is 21.8 Å². The zero-order valence-electron chi connectivity index (χ0n) is 7.75. The fraction of sp³-hybridized carbons (Fsp3) is 0.222. The predicted octanol–water partition coefficient (Wildman–Crippen LogP) is 0.700. The first-order valence-corrected chi connectivity index (χ1v) is 4.92. The number of amides is 1. The number of rotatable bonds is 3. The van der Waals surface area contributed by atoms with Gasteiger partial charge < -0.3 is 5.73 Å². The van der Waals surface area contributed by atoms with Gasteiger partial charge in [-0.3, -0.25) is 10.2 Å². The van der Waals surface area contributed by atoms with Gasteiger partial charge in [0.1, 0.15) is 6.04 Å². The summed E-state index contributed by atoms with van der Waals surface area (Å²) < 4.78 is 0.961. The summed E-state index contributed by atoms with van der Waals surface area (Å²) in [5.41, 5.74) is 11.5. The Balaban J connectivity index is 2.73. The third-order valence-corrected chi connectivity index (χ3v) is 2.29. The summed E-state index contributed by atoms with van der Waals surface area (Å²) in [7, 11) is 1.62. The Hall–Kier alpha value is -0.910. The highest BCUT2D eigenvalue weighted by molar-refractivity contribution is 9.10. The minimum absolute atomic E-state index is 0.255. The maximum Gasteiger partial charge on any atom is 0.255 e. The summed E-state index contributed by atoms with van der Waals surface area (Å²) in [5, 5.41) is 0. The van der Waals surface area contributed by atoms with Gasteiger partial charge in [-0.25, -0.2) is 5.43 Å². The Morgan fingerprint density at radius 3 is 2.50 bits per heavy atom. The molecule has 0 fully saturated rings. The van der Waals surface area contributed by atoms with E-state index in [0.29, 0.717) is 0 Å². The molecule has 0 aliphatic rings. The largest absolute Gasteiger partial charge is 0.316 e. The van der Waals surface area contributed by atoms with Gasteiger partial charge in [-0.2, -0.15) is 0 Å². The Morgan fingerprint density at radius 2 is 2.00 bits per heavy atom. The minimum atomic E-state index is -0.643. The van der Waals surface area contributed by atoms with Gasteiger partial charge in [0.25, 0.3) is 5.91 Å². The average Bonchev–Trinajstić information content (AvgIpc) is 2.18. The van der Waals surface area contributed by atoms with Crippen LogP contribution in [0.15, 0.2) is 28.7 Å². The van der Waals surface area contributed by atoms with E-state index in [1.807, 2.05) is 24.3 Å². The van der Waals surface area contributed by atoms with E-state index in [1.54, 1.807) is 7.05 Å². The lowest BCUT2D eigenvalue weighted by atomic mass is 10.1. The number of nitrogens with two attached hydrogens (primary N) is 1. The summed E-state index contributed by atoms with van der Waals surface area (Å²) in [4.78, 5) is 11.3. The maximum absolute atomic E-state index is 11.3. The van der Waals surface area contributed by atoms with Crippen LogP contribution >= 0.6 is 15.9 Å². The van der Waals surface area contributed by atoms with Gasteiger partial charge in [0.2, 0.25) is 0 Å². The number of benzene rings is 1. The normalized spacial score (nSPS) is 12.2. The van der Waals surface area contributed by atoms with Gasteiger partial charge in [-0.05, 0) is 17.7 Å². The number of hydrogen-bond donors (Lipinski definition) is 3. The van der Waals surface area contributed by atoms with E-state index in [1.165, 1.54) is 0 Å². The summed E-state index contributed by atoms with van der Waals surface area (Å²) in [6.45, 7) is 0. The van der Waals surface area contributed by atoms with Crippen LogP contribution in [-0.4, -0.2) is 13.0 Å². The molecule has 1 rings (SSSR count). The van der Waals surface area contributed by atoms with Crippen LogP contribution in [-0.2, 0) is 4.79 Å². The molecule has 5 heteroatoms. The van der Waals surface area contributed by atoms with E-state index in [0.717, 1.165) is 10.0 Å². The summed E-state index contributed by atoms with van der Waals surface area (Å²) >= 11 is 3.31. The fourth-order valence-corrected chi connectivity index (χ4v) is 1.29. The molecule has 0 aliphatic heterocycles. The average molecular weight is 258 g/mol. The van der Waals surface area contributed by atoms with Gasteiger partial charge in [-0.15, -0.1) is 0 Å². The van der Waals surface area contributed by atoms with E-state index >= 15 is 0 Å². The summed E-state index contributed by atoms with van der Waals surface area (Å²) in [6.07, 6.45) is 0. The Morgan fingerprint density at radius 1 is 1.43 bits per heavy atom. The number of nitrogens with one attached hydrogen (secondary N) is 2. The number of carbonyl (C=O) groups excluding carboxylic acids is 1. The molecule has 1 amide bonds. The van der Waals surface area contributed by atoms with Crippen molar-refractivity contribution in [3.05, 3.63) is 34.3 Å². The molecule has 1 unspecified atom stereocenters. The maximum atomic E-state index is 11.3. The Bertz CT molecular complexity index is 312. The molecule has 0 radical (unpaired) electrons. The molecule has 0 saturated heterocycles. The van der Waals surface area contributed by atoms with Gasteiger partial charge >= 0.3 is 0 Å². The van der Waals surface area contributed by atoms with Crippen LogP contribution in [0.1, 0.15) is 11.6 Å². The molecule has 76 valence electrons. The molecule has 4 N–H and O–H groups in total. The predicted molar refractivity (Wildman–Crippen MR) is 58.3 cm³/mol. The fourth-order valence-electron chi connectivity index (χ4n) is 1.02. The van der Waals surface area contributed by atoms with Gasteiger partial charge in [0.15, 0.2) is 0 Å². The molecular formula is C9H12BrN3O. The van der Waals surface area contributed by atoms with Crippen molar-refractivity contribution in [3.8, 4) is 0 Å². The third-order valence-electron chi connectivity index (χ3n) is 1.76. The number of halogens is 1. The molecule has 1 atom stereocenters. The molecule has 0 saturated carbocycles.